The van der Waals surface area contributed by atoms with Gasteiger partial charge in [-0.2, -0.15) is 0 Å². The predicted octanol–water partition coefficient (Wildman–Crippen LogP) is 2.66. The molecule has 166 valence electrons. The Morgan fingerprint density at radius 2 is 2.03 bits per heavy atom. The van der Waals surface area contributed by atoms with Gasteiger partial charge in [-0.05, 0) is 38.8 Å². The summed E-state index contributed by atoms with van der Waals surface area (Å²) in [5, 5.41) is 10.5. The van der Waals surface area contributed by atoms with E-state index in [1.807, 2.05) is 26.0 Å². The minimum Gasteiger partial charge on any atom is -0.454 e. The highest BCUT2D eigenvalue weighted by Crippen LogP contribution is 2.45. The summed E-state index contributed by atoms with van der Waals surface area (Å²) in [6, 6.07) is 3.71. The van der Waals surface area contributed by atoms with Gasteiger partial charge in [0.25, 0.3) is 0 Å². The van der Waals surface area contributed by atoms with Crippen LogP contribution >= 0.6 is 11.6 Å². The molecule has 2 aromatic rings. The van der Waals surface area contributed by atoms with Gasteiger partial charge in [-0.1, -0.05) is 11.6 Å². The summed E-state index contributed by atoms with van der Waals surface area (Å²) in [7, 11) is 0. The molecule has 1 spiro atoms. The van der Waals surface area contributed by atoms with Crippen molar-refractivity contribution in [2.75, 3.05) is 31.4 Å². The molecule has 0 bridgehead atoms. The van der Waals surface area contributed by atoms with Crippen molar-refractivity contribution in [3.8, 4) is 22.8 Å². The third kappa shape index (κ3) is 3.33. The maximum absolute atomic E-state index is 10.1. The van der Waals surface area contributed by atoms with Crippen molar-refractivity contribution in [2.24, 2.45) is 11.1 Å². The molecular weight excluding hydrogens is 420 g/mol. The average Bonchev–Trinajstić information content (AvgIpc) is 3.37. The number of aliphatic hydroxyl groups is 1. The number of hydrogen-bond acceptors (Lipinski definition) is 8. The first-order chi connectivity index (χ1) is 14.9. The Labute approximate surface area is 186 Å². The summed E-state index contributed by atoms with van der Waals surface area (Å²) in [4.78, 5) is 11.8. The van der Waals surface area contributed by atoms with E-state index in [2.05, 4.69) is 4.90 Å². The third-order valence-corrected chi connectivity index (χ3v) is 7.29. The number of aliphatic hydroxyl groups excluding tert-OH is 1. The van der Waals surface area contributed by atoms with E-state index in [1.165, 1.54) is 0 Å². The molecule has 3 aliphatic heterocycles. The van der Waals surface area contributed by atoms with Crippen molar-refractivity contribution in [3.05, 3.63) is 28.5 Å². The highest BCUT2D eigenvalue weighted by Gasteiger charge is 2.47. The van der Waals surface area contributed by atoms with Gasteiger partial charge in [0, 0.05) is 30.1 Å². The normalized spacial score (nSPS) is 24.2. The van der Waals surface area contributed by atoms with Crippen LogP contribution in [0.15, 0.2) is 12.1 Å². The van der Waals surface area contributed by atoms with Crippen molar-refractivity contribution in [3.63, 3.8) is 0 Å². The molecule has 0 aliphatic carbocycles. The fraction of sp³-hybridized carbons (Fsp3) is 0.545. The molecule has 0 unspecified atom stereocenters. The van der Waals surface area contributed by atoms with Crippen molar-refractivity contribution in [2.45, 2.75) is 45.4 Å². The minimum atomic E-state index is -0.209. The Hall–Kier alpha value is -2.13. The number of anilines is 1. The highest BCUT2D eigenvalue weighted by molar-refractivity contribution is 6.35. The van der Waals surface area contributed by atoms with E-state index in [4.69, 9.17) is 41.5 Å². The van der Waals surface area contributed by atoms with Crippen LogP contribution < -0.4 is 20.1 Å². The predicted molar refractivity (Wildman–Crippen MR) is 117 cm³/mol. The molecule has 2 saturated heterocycles. The van der Waals surface area contributed by atoms with Gasteiger partial charge >= 0.3 is 0 Å². The topological polar surface area (TPSA) is 103 Å². The first-order valence-corrected chi connectivity index (χ1v) is 11.0. The maximum atomic E-state index is 10.1. The molecule has 3 N–H and O–H groups in total. The first-order valence-electron chi connectivity index (χ1n) is 10.6. The fourth-order valence-corrected chi connectivity index (χ4v) is 5.21. The number of nitrogens with two attached hydrogens (primary N) is 1. The molecule has 31 heavy (non-hydrogen) atoms. The number of aryl methyl sites for hydroxylation is 1. The quantitative estimate of drug-likeness (QED) is 0.741. The number of halogens is 1. The van der Waals surface area contributed by atoms with Gasteiger partial charge in [0.15, 0.2) is 17.3 Å². The lowest BCUT2D eigenvalue weighted by molar-refractivity contribution is 0.0973. The van der Waals surface area contributed by atoms with Crippen LogP contribution in [-0.2, 0) is 11.3 Å². The summed E-state index contributed by atoms with van der Waals surface area (Å²) in [5.74, 6) is 1.85. The third-order valence-electron chi connectivity index (χ3n) is 6.91. The highest BCUT2D eigenvalue weighted by atomic mass is 35.5. The largest absolute Gasteiger partial charge is 0.454 e. The van der Waals surface area contributed by atoms with Crippen molar-refractivity contribution in [1.29, 1.82) is 0 Å². The molecule has 2 atom stereocenters. The van der Waals surface area contributed by atoms with Crippen LogP contribution in [0.4, 0.5) is 5.82 Å². The molecule has 0 saturated carbocycles. The Morgan fingerprint density at radius 1 is 1.26 bits per heavy atom. The number of rotatable bonds is 3. The molecule has 4 heterocycles. The molecule has 5 rings (SSSR count). The zero-order chi connectivity index (χ0) is 21.8. The van der Waals surface area contributed by atoms with Crippen LogP contribution in [0.5, 0.6) is 11.5 Å². The second-order valence-corrected chi connectivity index (χ2v) is 9.02. The monoisotopic (exact) mass is 446 g/mol. The number of hydrogen-bond donors (Lipinski definition) is 2. The van der Waals surface area contributed by atoms with Gasteiger partial charge in [0.05, 0.1) is 35.7 Å². The van der Waals surface area contributed by atoms with Gasteiger partial charge in [-0.15, -0.1) is 0 Å². The van der Waals surface area contributed by atoms with E-state index < -0.39 is 0 Å². The standard InChI is InChI=1S/C22H27ClN4O4/c1-12-18(14-3-4-16-19(17(14)23)31-11-30-16)26-15(9-28)21(25-12)27-7-5-22(6-8-27)10-29-13(2)20(22)24/h3-4,13,20,28H,5-11,24H2,1-2H3/t13-,20+/m0/s1. The lowest BCUT2D eigenvalue weighted by Gasteiger charge is -2.42. The summed E-state index contributed by atoms with van der Waals surface area (Å²) in [5.41, 5.74) is 9.08. The van der Waals surface area contributed by atoms with Gasteiger partial charge in [0.1, 0.15) is 5.69 Å². The Morgan fingerprint density at radius 3 is 2.71 bits per heavy atom. The van der Waals surface area contributed by atoms with Gasteiger partial charge in [-0.3, -0.25) is 0 Å². The number of nitrogens with zero attached hydrogens (tertiary/aromatic N) is 3. The molecular formula is C22H27ClN4O4. The van der Waals surface area contributed by atoms with Gasteiger partial charge in [-0.25, -0.2) is 9.97 Å². The summed E-state index contributed by atoms with van der Waals surface area (Å²) >= 11 is 6.57. The number of benzene rings is 1. The summed E-state index contributed by atoms with van der Waals surface area (Å²) in [6.45, 7) is 6.20. The smallest absolute Gasteiger partial charge is 0.231 e. The second kappa shape index (κ2) is 7.78. The average molecular weight is 447 g/mol. The number of fused-ring (bicyclic) bond motifs is 1. The van der Waals surface area contributed by atoms with Gasteiger partial charge in [0.2, 0.25) is 6.79 Å². The van der Waals surface area contributed by atoms with E-state index in [9.17, 15) is 5.11 Å². The molecule has 3 aliphatic rings. The Balaban J connectivity index is 1.44. The molecule has 2 fully saturated rings. The Kier molecular flexibility index (Phi) is 5.21. The Bertz CT molecular complexity index is 1010. The molecule has 0 amide bonds. The number of aromatic nitrogens is 2. The van der Waals surface area contributed by atoms with E-state index in [1.54, 1.807) is 0 Å². The molecule has 9 heteroatoms. The van der Waals surface area contributed by atoms with Crippen molar-refractivity contribution in [1.82, 2.24) is 9.97 Å². The summed E-state index contributed by atoms with van der Waals surface area (Å²) in [6.07, 6.45) is 1.95. The van der Waals surface area contributed by atoms with Gasteiger partial charge < -0.3 is 30.0 Å². The first kappa shape index (κ1) is 20.8. The summed E-state index contributed by atoms with van der Waals surface area (Å²) < 4.78 is 16.7. The lowest BCUT2D eigenvalue weighted by atomic mass is 9.73. The van der Waals surface area contributed by atoms with E-state index in [0.717, 1.165) is 37.4 Å². The van der Waals surface area contributed by atoms with E-state index >= 15 is 0 Å². The fourth-order valence-electron chi connectivity index (χ4n) is 4.91. The van der Waals surface area contributed by atoms with Crippen LogP contribution in [0.2, 0.25) is 5.02 Å². The number of piperidine rings is 1. The lowest BCUT2D eigenvalue weighted by Crippen LogP contribution is -2.51. The van der Waals surface area contributed by atoms with Crippen molar-refractivity contribution >= 4 is 17.4 Å². The van der Waals surface area contributed by atoms with Crippen LogP contribution in [0.1, 0.15) is 31.2 Å². The van der Waals surface area contributed by atoms with Crippen LogP contribution in [0, 0.1) is 12.3 Å². The van der Waals surface area contributed by atoms with E-state index in [0.29, 0.717) is 40.1 Å². The molecule has 0 radical (unpaired) electrons. The maximum Gasteiger partial charge on any atom is 0.231 e. The second-order valence-electron chi connectivity index (χ2n) is 8.64. The minimum absolute atomic E-state index is 0.0255. The van der Waals surface area contributed by atoms with Crippen molar-refractivity contribution < 1.29 is 19.3 Å². The zero-order valence-corrected chi connectivity index (χ0v) is 18.5. The SMILES string of the molecule is Cc1nc(N2CCC3(CC2)CO[C@@H](C)[C@H]3N)c(CO)nc1-c1ccc2c(c1Cl)OCO2. The molecule has 1 aromatic carbocycles. The molecule has 1 aromatic heterocycles. The van der Waals surface area contributed by atoms with Crippen LogP contribution in [0.3, 0.4) is 0 Å². The molecule has 8 nitrogen and oxygen atoms in total. The van der Waals surface area contributed by atoms with E-state index in [-0.39, 0.29) is 31.0 Å². The zero-order valence-electron chi connectivity index (χ0n) is 17.7. The van der Waals surface area contributed by atoms with Crippen LogP contribution in [-0.4, -0.2) is 53.7 Å². The number of ether oxygens (including phenoxy) is 3. The van der Waals surface area contributed by atoms with Crippen LogP contribution in [0.25, 0.3) is 11.3 Å².